The lowest BCUT2D eigenvalue weighted by Gasteiger charge is -2.33. The molecule has 0 aliphatic carbocycles. The van der Waals surface area contributed by atoms with Crippen LogP contribution in [0, 0.1) is 0 Å². The number of nitrogens with zero attached hydrogens (tertiary/aromatic N) is 1. The number of hydrogen-bond donors (Lipinski definition) is 1. The van der Waals surface area contributed by atoms with E-state index in [4.69, 9.17) is 10.5 Å². The Labute approximate surface area is 81.2 Å². The molecule has 0 spiro atoms. The van der Waals surface area contributed by atoms with Crippen molar-refractivity contribution < 1.29 is 4.74 Å². The standard InChI is InChI=1S/C10H22N2O/c1-2-12(7-4-6-11)10-5-3-8-13-9-10/h10H,2-9,11H2,1H3. The van der Waals surface area contributed by atoms with Crippen LogP contribution in [-0.4, -0.2) is 43.8 Å². The zero-order valence-corrected chi connectivity index (χ0v) is 8.67. The Morgan fingerprint density at radius 1 is 1.54 bits per heavy atom. The van der Waals surface area contributed by atoms with Gasteiger partial charge in [-0.3, -0.25) is 4.90 Å². The molecule has 1 aliphatic rings. The molecule has 2 N–H and O–H groups in total. The van der Waals surface area contributed by atoms with Gasteiger partial charge in [0, 0.05) is 12.6 Å². The number of ether oxygens (including phenoxy) is 1. The highest BCUT2D eigenvalue weighted by Gasteiger charge is 2.19. The number of likely N-dealkylation sites (N-methyl/N-ethyl adjacent to an activating group) is 1. The summed E-state index contributed by atoms with van der Waals surface area (Å²) in [6.45, 7) is 7.12. The van der Waals surface area contributed by atoms with Gasteiger partial charge >= 0.3 is 0 Å². The van der Waals surface area contributed by atoms with Crippen LogP contribution in [0.4, 0.5) is 0 Å². The van der Waals surface area contributed by atoms with Gasteiger partial charge in [0.2, 0.25) is 0 Å². The van der Waals surface area contributed by atoms with Crippen molar-refractivity contribution in [3.8, 4) is 0 Å². The van der Waals surface area contributed by atoms with Crippen LogP contribution in [0.5, 0.6) is 0 Å². The number of hydrogen-bond acceptors (Lipinski definition) is 3. The van der Waals surface area contributed by atoms with Crippen molar-refractivity contribution in [1.82, 2.24) is 4.90 Å². The molecule has 1 unspecified atom stereocenters. The molecule has 0 aromatic carbocycles. The van der Waals surface area contributed by atoms with E-state index in [1.54, 1.807) is 0 Å². The van der Waals surface area contributed by atoms with Gasteiger partial charge in [0.1, 0.15) is 0 Å². The Morgan fingerprint density at radius 3 is 2.92 bits per heavy atom. The molecule has 0 saturated carbocycles. The lowest BCUT2D eigenvalue weighted by Crippen LogP contribution is -2.41. The van der Waals surface area contributed by atoms with Gasteiger partial charge in [-0.25, -0.2) is 0 Å². The number of rotatable bonds is 5. The van der Waals surface area contributed by atoms with Crippen molar-refractivity contribution in [3.63, 3.8) is 0 Å². The van der Waals surface area contributed by atoms with Crippen LogP contribution >= 0.6 is 0 Å². The Balaban J connectivity index is 2.26. The van der Waals surface area contributed by atoms with Crippen molar-refractivity contribution >= 4 is 0 Å². The second kappa shape index (κ2) is 6.35. The van der Waals surface area contributed by atoms with Crippen LogP contribution in [0.15, 0.2) is 0 Å². The quantitative estimate of drug-likeness (QED) is 0.691. The first-order valence-electron chi connectivity index (χ1n) is 5.40. The van der Waals surface area contributed by atoms with E-state index in [1.165, 1.54) is 12.8 Å². The predicted molar refractivity (Wildman–Crippen MR) is 54.8 cm³/mol. The summed E-state index contributed by atoms with van der Waals surface area (Å²) in [4.78, 5) is 2.49. The fourth-order valence-corrected chi connectivity index (χ4v) is 1.90. The highest BCUT2D eigenvalue weighted by molar-refractivity contribution is 4.73. The van der Waals surface area contributed by atoms with E-state index < -0.39 is 0 Å². The highest BCUT2D eigenvalue weighted by Crippen LogP contribution is 2.13. The van der Waals surface area contributed by atoms with Gasteiger partial charge in [-0.2, -0.15) is 0 Å². The average Bonchev–Trinajstić information content (AvgIpc) is 2.21. The van der Waals surface area contributed by atoms with E-state index in [2.05, 4.69) is 11.8 Å². The Kier molecular flexibility index (Phi) is 5.35. The van der Waals surface area contributed by atoms with Crippen LogP contribution in [0.3, 0.4) is 0 Å². The van der Waals surface area contributed by atoms with Gasteiger partial charge in [0.25, 0.3) is 0 Å². The smallest absolute Gasteiger partial charge is 0.0621 e. The lowest BCUT2D eigenvalue weighted by atomic mass is 10.1. The van der Waals surface area contributed by atoms with Crippen molar-refractivity contribution in [3.05, 3.63) is 0 Å². The summed E-state index contributed by atoms with van der Waals surface area (Å²) < 4.78 is 5.47. The normalized spacial score (nSPS) is 23.8. The molecule has 0 radical (unpaired) electrons. The van der Waals surface area contributed by atoms with Crippen LogP contribution in [-0.2, 0) is 4.74 Å². The summed E-state index contributed by atoms with van der Waals surface area (Å²) in [5, 5.41) is 0. The third-order valence-electron chi connectivity index (χ3n) is 2.71. The maximum absolute atomic E-state index is 5.50. The molecule has 3 heteroatoms. The van der Waals surface area contributed by atoms with Crippen LogP contribution in [0.25, 0.3) is 0 Å². The lowest BCUT2D eigenvalue weighted by molar-refractivity contribution is 0.0196. The zero-order chi connectivity index (χ0) is 9.52. The predicted octanol–water partition coefficient (Wildman–Crippen LogP) is 0.836. The fourth-order valence-electron chi connectivity index (χ4n) is 1.90. The molecule has 3 nitrogen and oxygen atoms in total. The largest absolute Gasteiger partial charge is 0.380 e. The first kappa shape index (κ1) is 11.0. The minimum absolute atomic E-state index is 0.644. The summed E-state index contributed by atoms with van der Waals surface area (Å²) >= 11 is 0. The molecule has 0 amide bonds. The molecule has 13 heavy (non-hydrogen) atoms. The third-order valence-corrected chi connectivity index (χ3v) is 2.71. The molecular weight excluding hydrogens is 164 g/mol. The molecule has 1 heterocycles. The van der Waals surface area contributed by atoms with Crippen molar-refractivity contribution in [1.29, 1.82) is 0 Å². The molecule has 0 aromatic rings. The molecule has 1 saturated heterocycles. The monoisotopic (exact) mass is 186 g/mol. The number of nitrogens with two attached hydrogens (primary N) is 1. The summed E-state index contributed by atoms with van der Waals surface area (Å²) in [6.07, 6.45) is 3.60. The van der Waals surface area contributed by atoms with E-state index in [9.17, 15) is 0 Å². The Morgan fingerprint density at radius 2 is 2.38 bits per heavy atom. The Hall–Kier alpha value is -0.120. The van der Waals surface area contributed by atoms with E-state index in [-0.39, 0.29) is 0 Å². The molecule has 0 aromatic heterocycles. The molecule has 78 valence electrons. The molecule has 1 atom stereocenters. The van der Waals surface area contributed by atoms with Gasteiger partial charge in [-0.15, -0.1) is 0 Å². The summed E-state index contributed by atoms with van der Waals surface area (Å²) in [6, 6.07) is 0.644. The van der Waals surface area contributed by atoms with E-state index in [0.29, 0.717) is 6.04 Å². The first-order chi connectivity index (χ1) is 6.38. The minimum Gasteiger partial charge on any atom is -0.380 e. The average molecular weight is 186 g/mol. The van der Waals surface area contributed by atoms with Gasteiger partial charge < -0.3 is 10.5 Å². The fraction of sp³-hybridized carbons (Fsp3) is 1.00. The van der Waals surface area contributed by atoms with Crippen LogP contribution in [0.1, 0.15) is 26.2 Å². The van der Waals surface area contributed by atoms with Gasteiger partial charge in [0.05, 0.1) is 6.61 Å². The molecule has 1 aliphatic heterocycles. The minimum atomic E-state index is 0.644. The maximum Gasteiger partial charge on any atom is 0.0621 e. The highest BCUT2D eigenvalue weighted by atomic mass is 16.5. The van der Waals surface area contributed by atoms with Crippen LogP contribution in [0.2, 0.25) is 0 Å². The summed E-state index contributed by atoms with van der Waals surface area (Å²) in [5.74, 6) is 0. The molecule has 0 bridgehead atoms. The molecular formula is C10H22N2O. The third kappa shape index (κ3) is 3.63. The zero-order valence-electron chi connectivity index (χ0n) is 8.67. The van der Waals surface area contributed by atoms with Gasteiger partial charge in [-0.1, -0.05) is 6.92 Å². The second-order valence-electron chi connectivity index (χ2n) is 3.64. The van der Waals surface area contributed by atoms with Gasteiger partial charge in [-0.05, 0) is 38.9 Å². The van der Waals surface area contributed by atoms with Crippen molar-refractivity contribution in [2.45, 2.75) is 32.2 Å². The first-order valence-corrected chi connectivity index (χ1v) is 5.40. The summed E-state index contributed by atoms with van der Waals surface area (Å²) in [5.41, 5.74) is 5.50. The van der Waals surface area contributed by atoms with E-state index >= 15 is 0 Å². The van der Waals surface area contributed by atoms with Crippen LogP contribution < -0.4 is 5.73 Å². The Bertz CT molecular complexity index is 124. The molecule has 1 rings (SSSR count). The van der Waals surface area contributed by atoms with Crippen molar-refractivity contribution in [2.75, 3.05) is 32.8 Å². The maximum atomic E-state index is 5.50. The van der Waals surface area contributed by atoms with E-state index in [0.717, 1.165) is 39.3 Å². The topological polar surface area (TPSA) is 38.5 Å². The summed E-state index contributed by atoms with van der Waals surface area (Å²) in [7, 11) is 0. The second-order valence-corrected chi connectivity index (χ2v) is 3.64. The van der Waals surface area contributed by atoms with Crippen molar-refractivity contribution in [2.24, 2.45) is 5.73 Å². The van der Waals surface area contributed by atoms with E-state index in [1.807, 2.05) is 0 Å². The van der Waals surface area contributed by atoms with Gasteiger partial charge in [0.15, 0.2) is 0 Å². The molecule has 1 fully saturated rings. The SMILES string of the molecule is CCN(CCCN)C1CCCOC1.